The molecule has 80 valence electrons. The summed E-state index contributed by atoms with van der Waals surface area (Å²) in [7, 11) is -4.67. The lowest BCUT2D eigenvalue weighted by molar-refractivity contribution is 0.381. The summed E-state index contributed by atoms with van der Waals surface area (Å²) in [6.07, 6.45) is 0. The molecule has 0 aromatic carbocycles. The minimum atomic E-state index is -4.67. The van der Waals surface area contributed by atoms with Crippen LogP contribution in [0.1, 0.15) is 0 Å². The van der Waals surface area contributed by atoms with Crippen LogP contribution in [0.3, 0.4) is 0 Å². The summed E-state index contributed by atoms with van der Waals surface area (Å²) in [5.41, 5.74) is -2.41. The lowest BCUT2D eigenvalue weighted by Crippen LogP contribution is -2.34. The first-order valence-corrected chi connectivity index (χ1v) is 4.21. The van der Waals surface area contributed by atoms with E-state index in [-0.39, 0.29) is 0 Å². The van der Waals surface area contributed by atoms with Gasteiger partial charge in [0.15, 0.2) is 0 Å². The van der Waals surface area contributed by atoms with Crippen LogP contribution in [0.15, 0.2) is 14.4 Å². The molecule has 0 saturated heterocycles. The molecular weight excluding hydrogens is 222 g/mol. The summed E-state index contributed by atoms with van der Waals surface area (Å²) in [6.45, 7) is 0. The Labute approximate surface area is 75.2 Å². The molecule has 0 saturated carbocycles. The van der Waals surface area contributed by atoms with Crippen molar-refractivity contribution in [3.05, 3.63) is 31.5 Å². The van der Waals surface area contributed by atoms with E-state index in [1.165, 1.54) is 0 Å². The Balaban J connectivity index is 0.000000292. The first-order chi connectivity index (χ1) is 6.18. The zero-order valence-electron chi connectivity index (χ0n) is 6.34. The zero-order chi connectivity index (χ0) is 11.4. The van der Waals surface area contributed by atoms with Crippen LogP contribution in [0.4, 0.5) is 0 Å². The fourth-order valence-corrected chi connectivity index (χ4v) is 0.403. The molecule has 0 atom stereocenters. The van der Waals surface area contributed by atoms with Crippen molar-refractivity contribution in [1.29, 1.82) is 0 Å². The summed E-state index contributed by atoms with van der Waals surface area (Å²) >= 11 is 0. The van der Waals surface area contributed by atoms with Crippen molar-refractivity contribution in [1.82, 2.24) is 15.0 Å². The molecular formula is C3H5N3O7S. The summed E-state index contributed by atoms with van der Waals surface area (Å²) < 4.78 is 31.6. The maximum absolute atomic E-state index is 10.2. The summed E-state index contributed by atoms with van der Waals surface area (Å²) in [4.78, 5) is 35.9. The Morgan fingerprint density at radius 2 is 0.929 bits per heavy atom. The number of rotatable bonds is 0. The Morgan fingerprint density at radius 1 is 0.786 bits per heavy atom. The van der Waals surface area contributed by atoms with Gasteiger partial charge < -0.3 is 0 Å². The molecule has 0 aliphatic rings. The molecule has 0 aliphatic carbocycles. The van der Waals surface area contributed by atoms with Crippen LogP contribution in [0.5, 0.6) is 0 Å². The van der Waals surface area contributed by atoms with Crippen molar-refractivity contribution in [2.45, 2.75) is 0 Å². The second kappa shape index (κ2) is 4.50. The van der Waals surface area contributed by atoms with Gasteiger partial charge in [-0.15, -0.1) is 0 Å². The Morgan fingerprint density at radius 3 is 1.07 bits per heavy atom. The summed E-state index contributed by atoms with van der Waals surface area (Å²) in [5, 5.41) is 0. The molecule has 1 aromatic heterocycles. The van der Waals surface area contributed by atoms with Gasteiger partial charge in [-0.1, -0.05) is 0 Å². The van der Waals surface area contributed by atoms with E-state index in [2.05, 4.69) is 0 Å². The first-order valence-electron chi connectivity index (χ1n) is 2.81. The van der Waals surface area contributed by atoms with Gasteiger partial charge in [0, 0.05) is 0 Å². The van der Waals surface area contributed by atoms with E-state index in [4.69, 9.17) is 17.5 Å². The molecule has 1 heterocycles. The van der Waals surface area contributed by atoms with Crippen LogP contribution >= 0.6 is 0 Å². The van der Waals surface area contributed by atoms with Crippen LogP contribution in [-0.4, -0.2) is 32.5 Å². The topological polar surface area (TPSA) is 173 Å². The fraction of sp³-hybridized carbons (Fsp3) is 0. The number of aromatic nitrogens is 3. The van der Waals surface area contributed by atoms with Gasteiger partial charge in [-0.05, 0) is 0 Å². The molecule has 14 heavy (non-hydrogen) atoms. The third kappa shape index (κ3) is 8.38. The lowest BCUT2D eigenvalue weighted by atomic mass is 11.0. The minimum Gasteiger partial charge on any atom is -0.264 e. The second-order valence-corrected chi connectivity index (χ2v) is 2.71. The van der Waals surface area contributed by atoms with Crippen molar-refractivity contribution in [2.24, 2.45) is 0 Å². The van der Waals surface area contributed by atoms with Crippen molar-refractivity contribution >= 4 is 10.4 Å². The van der Waals surface area contributed by atoms with Gasteiger partial charge in [0.05, 0.1) is 0 Å². The summed E-state index contributed by atoms with van der Waals surface area (Å²) in [6, 6.07) is 0. The van der Waals surface area contributed by atoms with Gasteiger partial charge >= 0.3 is 27.5 Å². The molecule has 0 fully saturated rings. The number of hydrogen-bond donors (Lipinski definition) is 5. The van der Waals surface area contributed by atoms with Gasteiger partial charge in [0.25, 0.3) is 0 Å². The van der Waals surface area contributed by atoms with Crippen molar-refractivity contribution in [3.63, 3.8) is 0 Å². The highest BCUT2D eigenvalue weighted by Crippen LogP contribution is 1.59. The number of aromatic amines is 3. The molecule has 0 aliphatic heterocycles. The van der Waals surface area contributed by atoms with E-state index in [1.54, 1.807) is 15.0 Å². The van der Waals surface area contributed by atoms with Crippen molar-refractivity contribution < 1.29 is 17.5 Å². The number of nitrogens with one attached hydrogen (secondary N) is 3. The lowest BCUT2D eigenvalue weighted by Gasteiger charge is -1.77. The highest BCUT2D eigenvalue weighted by atomic mass is 32.3. The van der Waals surface area contributed by atoms with Gasteiger partial charge in [-0.25, -0.2) is 14.4 Å². The molecule has 0 amide bonds. The van der Waals surface area contributed by atoms with E-state index >= 15 is 0 Å². The smallest absolute Gasteiger partial charge is 0.264 e. The fourth-order valence-electron chi connectivity index (χ4n) is 0.403. The van der Waals surface area contributed by atoms with Gasteiger partial charge in [0.1, 0.15) is 0 Å². The second-order valence-electron chi connectivity index (χ2n) is 1.81. The summed E-state index contributed by atoms with van der Waals surface area (Å²) in [5.74, 6) is 0. The average molecular weight is 227 g/mol. The Kier molecular flexibility index (Phi) is 3.95. The maximum Gasteiger partial charge on any atom is 0.394 e. The maximum atomic E-state index is 10.2. The highest BCUT2D eigenvalue weighted by Gasteiger charge is 1.85. The molecule has 1 rings (SSSR count). The molecule has 11 heteroatoms. The molecule has 0 bridgehead atoms. The van der Waals surface area contributed by atoms with Gasteiger partial charge in [-0.2, -0.15) is 8.42 Å². The zero-order valence-corrected chi connectivity index (χ0v) is 7.16. The third-order valence-corrected chi connectivity index (χ3v) is 0.681. The Bertz CT molecular complexity index is 460. The van der Waals surface area contributed by atoms with E-state index in [0.29, 0.717) is 0 Å². The average Bonchev–Trinajstić information content (AvgIpc) is 1.77. The van der Waals surface area contributed by atoms with Crippen LogP contribution in [0.25, 0.3) is 0 Å². The predicted molar refractivity (Wildman–Crippen MR) is 42.5 cm³/mol. The van der Waals surface area contributed by atoms with Gasteiger partial charge in [0.2, 0.25) is 0 Å². The molecule has 0 spiro atoms. The van der Waals surface area contributed by atoms with E-state index < -0.39 is 27.5 Å². The Hall–Kier alpha value is -1.72. The SMILES string of the molecule is O=S(=O)(O)O.O=c1[nH]c(=O)[nH]c(=O)[nH]1. The van der Waals surface area contributed by atoms with Crippen LogP contribution < -0.4 is 17.1 Å². The largest absolute Gasteiger partial charge is 0.394 e. The molecule has 1 aromatic rings. The predicted octanol–water partition coefficient (Wildman–Crippen LogP) is -2.90. The first kappa shape index (κ1) is 12.3. The molecule has 10 nitrogen and oxygen atoms in total. The highest BCUT2D eigenvalue weighted by molar-refractivity contribution is 7.79. The molecule has 0 radical (unpaired) electrons. The normalized spacial score (nSPS) is 10.1. The van der Waals surface area contributed by atoms with Gasteiger partial charge in [-0.3, -0.25) is 24.1 Å². The minimum absolute atomic E-state index is 0.802. The van der Waals surface area contributed by atoms with E-state index in [9.17, 15) is 14.4 Å². The standard InChI is InChI=1S/C3H3N3O3.H2O4S/c7-1-4-2(8)6-3(9)5-1;1-5(2,3)4/h(H3,4,5,6,7,8,9);(H2,1,2,3,4). The van der Waals surface area contributed by atoms with Crippen molar-refractivity contribution in [3.8, 4) is 0 Å². The third-order valence-electron chi connectivity index (χ3n) is 0.681. The van der Waals surface area contributed by atoms with Crippen molar-refractivity contribution in [2.75, 3.05) is 0 Å². The molecule has 5 N–H and O–H groups in total. The number of H-pyrrole nitrogens is 3. The van der Waals surface area contributed by atoms with E-state index in [0.717, 1.165) is 0 Å². The quantitative estimate of drug-likeness (QED) is 0.295. The van der Waals surface area contributed by atoms with Crippen LogP contribution in [0, 0.1) is 0 Å². The number of hydrogen-bond acceptors (Lipinski definition) is 5. The van der Waals surface area contributed by atoms with E-state index in [1.807, 2.05) is 0 Å². The molecule has 0 unspecified atom stereocenters. The van der Waals surface area contributed by atoms with Crippen LogP contribution in [0.2, 0.25) is 0 Å². The monoisotopic (exact) mass is 227 g/mol. The van der Waals surface area contributed by atoms with Crippen LogP contribution in [-0.2, 0) is 10.4 Å².